The van der Waals surface area contributed by atoms with Crippen LogP contribution in [0.2, 0.25) is 5.02 Å². The van der Waals surface area contributed by atoms with Crippen LogP contribution in [0.4, 0.5) is 5.69 Å². The summed E-state index contributed by atoms with van der Waals surface area (Å²) in [5.74, 6) is -0.789. The molecule has 0 bridgehead atoms. The molecule has 0 aliphatic rings. The lowest BCUT2D eigenvalue weighted by atomic mass is 10.1. The van der Waals surface area contributed by atoms with Crippen molar-refractivity contribution in [2.75, 3.05) is 10.8 Å². The maximum Gasteiger partial charge on any atom is 0.264 e. The van der Waals surface area contributed by atoms with E-state index >= 15 is 0 Å². The molecule has 0 aliphatic heterocycles. The van der Waals surface area contributed by atoms with E-state index < -0.39 is 28.5 Å². The van der Waals surface area contributed by atoms with Crippen molar-refractivity contribution in [1.82, 2.24) is 10.2 Å². The summed E-state index contributed by atoms with van der Waals surface area (Å²) >= 11 is 6.20. The molecule has 0 unspecified atom stereocenters. The Morgan fingerprint density at radius 2 is 1.61 bits per heavy atom. The quantitative estimate of drug-likeness (QED) is 0.353. The lowest BCUT2D eigenvalue weighted by molar-refractivity contribution is -0.140. The summed E-state index contributed by atoms with van der Waals surface area (Å²) < 4.78 is 28.6. The van der Waals surface area contributed by atoms with Gasteiger partial charge in [0.15, 0.2) is 0 Å². The van der Waals surface area contributed by atoms with Crippen LogP contribution in [0.3, 0.4) is 0 Å². The van der Waals surface area contributed by atoms with Crippen LogP contribution in [0.1, 0.15) is 38.3 Å². The largest absolute Gasteiger partial charge is 0.352 e. The van der Waals surface area contributed by atoms with Crippen LogP contribution in [0.5, 0.6) is 0 Å². The highest BCUT2D eigenvalue weighted by atomic mass is 35.5. The molecule has 7 nitrogen and oxygen atoms in total. The minimum atomic E-state index is -4.13. The van der Waals surface area contributed by atoms with Gasteiger partial charge in [-0.15, -0.1) is 0 Å². The number of nitrogens with one attached hydrogen (secondary N) is 1. The number of hydrogen-bond donors (Lipinski definition) is 1. The van der Waals surface area contributed by atoms with Crippen molar-refractivity contribution in [2.24, 2.45) is 0 Å². The van der Waals surface area contributed by atoms with E-state index in [1.807, 2.05) is 52.0 Å². The second kappa shape index (κ2) is 12.9. The van der Waals surface area contributed by atoms with Gasteiger partial charge in [-0.3, -0.25) is 13.9 Å². The summed E-state index contributed by atoms with van der Waals surface area (Å²) in [5, 5.41) is 3.23. The van der Waals surface area contributed by atoms with Crippen LogP contribution < -0.4 is 9.62 Å². The minimum absolute atomic E-state index is 0.0443. The number of sulfonamides is 1. The first kappa shape index (κ1) is 29.2. The van der Waals surface area contributed by atoms with Gasteiger partial charge in [0.25, 0.3) is 10.0 Å². The maximum absolute atomic E-state index is 14.0. The van der Waals surface area contributed by atoms with Gasteiger partial charge in [-0.25, -0.2) is 8.42 Å². The molecule has 0 aromatic heterocycles. The second-order valence-corrected chi connectivity index (χ2v) is 11.6. The molecule has 3 aromatic rings. The Labute approximate surface area is 230 Å². The van der Waals surface area contributed by atoms with Crippen LogP contribution >= 0.6 is 11.6 Å². The van der Waals surface area contributed by atoms with Crippen LogP contribution in [0, 0.1) is 6.92 Å². The third-order valence-electron chi connectivity index (χ3n) is 6.13. The first-order valence-corrected chi connectivity index (χ1v) is 14.3. The Hall–Kier alpha value is -3.36. The van der Waals surface area contributed by atoms with Gasteiger partial charge >= 0.3 is 0 Å². The number of anilines is 1. The van der Waals surface area contributed by atoms with E-state index in [2.05, 4.69) is 5.32 Å². The predicted octanol–water partition coefficient (Wildman–Crippen LogP) is 5.18. The number of rotatable bonds is 11. The molecule has 0 saturated heterocycles. The molecule has 2 amide bonds. The monoisotopic (exact) mass is 555 g/mol. The van der Waals surface area contributed by atoms with E-state index in [1.54, 1.807) is 36.4 Å². The van der Waals surface area contributed by atoms with E-state index in [1.165, 1.54) is 23.1 Å². The summed E-state index contributed by atoms with van der Waals surface area (Å²) in [6.07, 6.45) is 0.360. The van der Waals surface area contributed by atoms with Gasteiger partial charge in [0.2, 0.25) is 11.8 Å². The first-order valence-electron chi connectivity index (χ1n) is 12.5. The Kier molecular flexibility index (Phi) is 9.94. The van der Waals surface area contributed by atoms with Crippen molar-refractivity contribution in [2.45, 2.75) is 57.6 Å². The van der Waals surface area contributed by atoms with E-state index in [0.29, 0.717) is 11.4 Å². The van der Waals surface area contributed by atoms with E-state index in [4.69, 9.17) is 11.6 Å². The van der Waals surface area contributed by atoms with Gasteiger partial charge in [-0.1, -0.05) is 67.1 Å². The van der Waals surface area contributed by atoms with Crippen molar-refractivity contribution in [1.29, 1.82) is 0 Å². The highest BCUT2D eigenvalue weighted by molar-refractivity contribution is 7.92. The molecule has 3 aromatic carbocycles. The number of hydrogen-bond acceptors (Lipinski definition) is 4. The van der Waals surface area contributed by atoms with Gasteiger partial charge in [-0.2, -0.15) is 0 Å². The molecule has 0 saturated carbocycles. The summed E-state index contributed by atoms with van der Waals surface area (Å²) in [5.41, 5.74) is 2.09. The van der Waals surface area contributed by atoms with Gasteiger partial charge in [0.1, 0.15) is 12.6 Å². The molecule has 0 aliphatic carbocycles. The fraction of sp³-hybridized carbons (Fsp3) is 0.310. The topological polar surface area (TPSA) is 86.8 Å². The average Bonchev–Trinajstić information content (AvgIpc) is 2.88. The Balaban J connectivity index is 2.07. The van der Waals surface area contributed by atoms with Crippen molar-refractivity contribution in [3.63, 3.8) is 0 Å². The molecular formula is C29H34ClN3O4S. The van der Waals surface area contributed by atoms with Gasteiger partial charge < -0.3 is 10.2 Å². The Bertz CT molecular complexity index is 1360. The molecule has 202 valence electrons. The molecule has 9 heteroatoms. The maximum atomic E-state index is 14.0. The van der Waals surface area contributed by atoms with E-state index in [0.717, 1.165) is 15.4 Å². The molecule has 0 fully saturated rings. The molecule has 1 atom stereocenters. The molecule has 3 rings (SSSR count). The van der Waals surface area contributed by atoms with Crippen molar-refractivity contribution in [3.05, 3.63) is 95.0 Å². The molecule has 0 heterocycles. The highest BCUT2D eigenvalue weighted by Crippen LogP contribution is 2.27. The average molecular weight is 556 g/mol. The number of aryl methyl sites for hydroxylation is 1. The van der Waals surface area contributed by atoms with Crippen molar-refractivity contribution >= 4 is 39.1 Å². The standard InChI is InChI=1S/C29H34ClN3O4S/c1-5-27(29(35)31-21(2)3)32(19-23-13-10-9-12-22(23)4)28(34)20-33(25-15-11-14-24(30)18-25)38(36,37)26-16-7-6-8-17-26/h6-18,21,27H,5,19-20H2,1-4H3,(H,31,35)/t27-/m1/s1. The zero-order chi connectivity index (χ0) is 27.9. The zero-order valence-corrected chi connectivity index (χ0v) is 23.7. The zero-order valence-electron chi connectivity index (χ0n) is 22.1. The Morgan fingerprint density at radius 1 is 0.947 bits per heavy atom. The molecule has 1 N–H and O–H groups in total. The number of nitrogens with zero attached hydrogens (tertiary/aromatic N) is 2. The van der Waals surface area contributed by atoms with E-state index in [9.17, 15) is 18.0 Å². The third-order valence-corrected chi connectivity index (χ3v) is 8.15. The highest BCUT2D eigenvalue weighted by Gasteiger charge is 2.34. The van der Waals surface area contributed by atoms with Crippen LogP contribution in [0.15, 0.2) is 83.8 Å². The third kappa shape index (κ3) is 7.14. The fourth-order valence-electron chi connectivity index (χ4n) is 4.15. The summed E-state index contributed by atoms with van der Waals surface area (Å²) in [6.45, 7) is 7.12. The SMILES string of the molecule is CC[C@H](C(=O)NC(C)C)N(Cc1ccccc1C)C(=O)CN(c1cccc(Cl)c1)S(=O)(=O)c1ccccc1. The van der Waals surface area contributed by atoms with Gasteiger partial charge in [0.05, 0.1) is 10.6 Å². The number of halogens is 1. The molecule has 0 radical (unpaired) electrons. The van der Waals surface area contributed by atoms with Crippen molar-refractivity contribution in [3.8, 4) is 0 Å². The van der Waals surface area contributed by atoms with Crippen LogP contribution in [-0.4, -0.2) is 43.8 Å². The van der Waals surface area contributed by atoms with Crippen LogP contribution in [-0.2, 0) is 26.2 Å². The van der Waals surface area contributed by atoms with Crippen molar-refractivity contribution < 1.29 is 18.0 Å². The minimum Gasteiger partial charge on any atom is -0.352 e. The van der Waals surface area contributed by atoms with Crippen LogP contribution in [0.25, 0.3) is 0 Å². The summed E-state index contributed by atoms with van der Waals surface area (Å²) in [6, 6.07) is 21.0. The molecular weight excluding hydrogens is 522 g/mol. The smallest absolute Gasteiger partial charge is 0.264 e. The summed E-state index contributed by atoms with van der Waals surface area (Å²) in [7, 11) is -4.13. The fourth-order valence-corrected chi connectivity index (χ4v) is 5.76. The van der Waals surface area contributed by atoms with Gasteiger partial charge in [0, 0.05) is 17.6 Å². The second-order valence-electron chi connectivity index (χ2n) is 9.34. The molecule has 0 spiro atoms. The number of carbonyl (C=O) groups excluding carboxylic acids is 2. The number of carbonyl (C=O) groups is 2. The van der Waals surface area contributed by atoms with Gasteiger partial charge in [-0.05, 0) is 68.7 Å². The molecule has 38 heavy (non-hydrogen) atoms. The first-order chi connectivity index (χ1) is 18.0. The number of benzene rings is 3. The normalized spacial score (nSPS) is 12.2. The summed E-state index contributed by atoms with van der Waals surface area (Å²) in [4.78, 5) is 28.7. The lowest BCUT2D eigenvalue weighted by Crippen LogP contribution is -2.53. The Morgan fingerprint density at radius 3 is 2.21 bits per heavy atom. The number of amides is 2. The van der Waals surface area contributed by atoms with E-state index in [-0.39, 0.29) is 29.1 Å². The lowest BCUT2D eigenvalue weighted by Gasteiger charge is -2.34. The predicted molar refractivity (Wildman–Crippen MR) is 152 cm³/mol.